The first-order valence-corrected chi connectivity index (χ1v) is 14.0. The molecule has 206 valence electrons. The number of hydrogen-bond donors (Lipinski definition) is 0. The van der Waals surface area contributed by atoms with Crippen LogP contribution in [-0.2, 0) is 17.9 Å². The van der Waals surface area contributed by atoms with Crippen LogP contribution in [0.25, 0.3) is 6.08 Å². The highest BCUT2D eigenvalue weighted by atomic mass is 16.5. The number of aryl methyl sites for hydroxylation is 1. The fourth-order valence-electron chi connectivity index (χ4n) is 5.42. The van der Waals surface area contributed by atoms with Crippen molar-refractivity contribution in [3.8, 4) is 5.75 Å². The van der Waals surface area contributed by atoms with Crippen molar-refractivity contribution in [1.29, 1.82) is 0 Å². The number of carbonyl (C=O) groups is 2. The van der Waals surface area contributed by atoms with Gasteiger partial charge in [-0.25, -0.2) is 0 Å². The summed E-state index contributed by atoms with van der Waals surface area (Å²) in [5.74, 6) is 0.736. The molecule has 1 saturated heterocycles. The molecule has 0 atom stereocenters. The molecule has 2 aliphatic rings. The Labute approximate surface area is 241 Å². The number of carbonyl (C=O) groups excluding carboxylic acids is 2. The minimum atomic E-state index is -0.196. The van der Waals surface area contributed by atoms with Gasteiger partial charge in [-0.2, -0.15) is 0 Å². The summed E-state index contributed by atoms with van der Waals surface area (Å²) in [6.07, 6.45) is 1.75. The monoisotopic (exact) mass is 543 g/mol. The van der Waals surface area contributed by atoms with Crippen LogP contribution < -0.4 is 9.64 Å². The molecule has 0 aromatic heterocycles. The van der Waals surface area contributed by atoms with Gasteiger partial charge in [-0.3, -0.25) is 19.4 Å². The summed E-state index contributed by atoms with van der Waals surface area (Å²) in [4.78, 5) is 32.8. The molecule has 6 nitrogen and oxygen atoms in total. The zero-order chi connectivity index (χ0) is 28.2. The van der Waals surface area contributed by atoms with Crippen molar-refractivity contribution in [2.24, 2.45) is 0 Å². The number of para-hydroxylation sites is 2. The molecule has 6 heteroatoms. The van der Waals surface area contributed by atoms with Crippen molar-refractivity contribution in [1.82, 2.24) is 9.80 Å². The number of ether oxygens (including phenoxy) is 1. The summed E-state index contributed by atoms with van der Waals surface area (Å²) in [6, 6.07) is 33.6. The summed E-state index contributed by atoms with van der Waals surface area (Å²) in [6.45, 7) is 6.51. The second-order valence-electron chi connectivity index (χ2n) is 10.6. The lowest BCUT2D eigenvalue weighted by Crippen LogP contribution is -2.48. The van der Waals surface area contributed by atoms with E-state index in [9.17, 15) is 9.59 Å². The number of rotatable bonds is 6. The number of piperazine rings is 1. The number of nitrogens with zero attached hydrogens (tertiary/aromatic N) is 3. The van der Waals surface area contributed by atoms with Crippen molar-refractivity contribution >= 4 is 23.6 Å². The molecule has 0 bridgehead atoms. The first kappa shape index (κ1) is 26.5. The van der Waals surface area contributed by atoms with E-state index in [4.69, 9.17) is 4.74 Å². The van der Waals surface area contributed by atoms with Gasteiger partial charge in [-0.15, -0.1) is 0 Å². The Morgan fingerprint density at radius 2 is 1.49 bits per heavy atom. The minimum absolute atomic E-state index is 0.0341. The quantitative estimate of drug-likeness (QED) is 0.283. The summed E-state index contributed by atoms with van der Waals surface area (Å²) < 4.78 is 6.06. The molecule has 0 unspecified atom stereocenters. The van der Waals surface area contributed by atoms with E-state index in [1.165, 1.54) is 5.56 Å². The van der Waals surface area contributed by atoms with Crippen molar-refractivity contribution < 1.29 is 14.3 Å². The molecule has 0 spiro atoms. The van der Waals surface area contributed by atoms with Crippen molar-refractivity contribution in [2.75, 3.05) is 31.1 Å². The molecular formula is C35H33N3O3. The van der Waals surface area contributed by atoms with Gasteiger partial charge in [0.1, 0.15) is 0 Å². The fourth-order valence-corrected chi connectivity index (χ4v) is 5.42. The van der Waals surface area contributed by atoms with Gasteiger partial charge in [0.25, 0.3) is 11.8 Å². The van der Waals surface area contributed by atoms with Crippen LogP contribution in [0.5, 0.6) is 5.75 Å². The predicted molar refractivity (Wildman–Crippen MR) is 161 cm³/mol. The van der Waals surface area contributed by atoms with Crippen LogP contribution in [0.2, 0.25) is 0 Å². The standard InChI is InChI=1S/C35H33N3O3/c1-26-8-7-11-29(22-26)25-38-31-12-5-6-13-32(31)41-33(35(38)40)23-27-14-16-30(17-15-27)34(39)37-20-18-36(19-21-37)24-28-9-3-2-4-10-28/h2-17,22-23H,18-21,24-25H2,1H3. The second-order valence-corrected chi connectivity index (χ2v) is 10.6. The van der Waals surface area contributed by atoms with E-state index in [0.717, 1.165) is 42.0 Å². The van der Waals surface area contributed by atoms with E-state index in [-0.39, 0.29) is 17.6 Å². The lowest BCUT2D eigenvalue weighted by Gasteiger charge is -2.34. The average Bonchev–Trinajstić information content (AvgIpc) is 3.00. The Morgan fingerprint density at radius 3 is 2.24 bits per heavy atom. The molecule has 2 amide bonds. The van der Waals surface area contributed by atoms with Gasteiger partial charge < -0.3 is 9.64 Å². The first-order valence-electron chi connectivity index (χ1n) is 14.0. The van der Waals surface area contributed by atoms with E-state index < -0.39 is 0 Å². The zero-order valence-corrected chi connectivity index (χ0v) is 23.2. The van der Waals surface area contributed by atoms with Crippen molar-refractivity contribution in [3.63, 3.8) is 0 Å². The molecule has 4 aromatic rings. The Kier molecular flexibility index (Phi) is 7.65. The van der Waals surface area contributed by atoms with E-state index in [0.29, 0.717) is 30.9 Å². The summed E-state index contributed by atoms with van der Waals surface area (Å²) in [7, 11) is 0. The third-order valence-electron chi connectivity index (χ3n) is 7.62. The van der Waals surface area contributed by atoms with Gasteiger partial charge in [-0.1, -0.05) is 84.4 Å². The minimum Gasteiger partial charge on any atom is -0.449 e. The summed E-state index contributed by atoms with van der Waals surface area (Å²) in [5.41, 5.74) is 5.69. The largest absolute Gasteiger partial charge is 0.449 e. The molecule has 0 saturated carbocycles. The molecule has 2 heterocycles. The zero-order valence-electron chi connectivity index (χ0n) is 23.2. The molecule has 4 aromatic carbocycles. The van der Waals surface area contributed by atoms with Crippen LogP contribution in [-0.4, -0.2) is 47.8 Å². The topological polar surface area (TPSA) is 53.1 Å². The maximum atomic E-state index is 13.6. The van der Waals surface area contributed by atoms with Crippen LogP contribution in [0.1, 0.15) is 32.6 Å². The van der Waals surface area contributed by atoms with Crippen LogP contribution in [0.15, 0.2) is 109 Å². The average molecular weight is 544 g/mol. The highest BCUT2D eigenvalue weighted by Gasteiger charge is 2.30. The lowest BCUT2D eigenvalue weighted by molar-refractivity contribution is -0.117. The Bertz CT molecular complexity index is 1570. The Hall–Kier alpha value is -4.68. The number of hydrogen-bond acceptors (Lipinski definition) is 4. The normalized spacial score (nSPS) is 16.4. The highest BCUT2D eigenvalue weighted by Crippen LogP contribution is 2.36. The SMILES string of the molecule is Cc1cccc(CN2C(=O)C(=Cc3ccc(C(=O)N4CCN(Cc5ccccc5)CC4)cc3)Oc3ccccc32)c1. The van der Waals surface area contributed by atoms with Gasteiger partial charge in [0, 0.05) is 38.3 Å². The van der Waals surface area contributed by atoms with Crippen LogP contribution in [0.4, 0.5) is 5.69 Å². The summed E-state index contributed by atoms with van der Waals surface area (Å²) >= 11 is 0. The van der Waals surface area contributed by atoms with Gasteiger partial charge in [-0.05, 0) is 54.0 Å². The fraction of sp³-hybridized carbons (Fsp3) is 0.200. The third kappa shape index (κ3) is 6.08. The molecule has 1 fully saturated rings. The van der Waals surface area contributed by atoms with Gasteiger partial charge in [0.2, 0.25) is 0 Å². The molecule has 0 N–H and O–H groups in total. The van der Waals surface area contributed by atoms with Crippen LogP contribution in [0, 0.1) is 6.92 Å². The van der Waals surface area contributed by atoms with E-state index >= 15 is 0 Å². The molecule has 0 radical (unpaired) electrons. The molecular weight excluding hydrogens is 510 g/mol. The Morgan fingerprint density at radius 1 is 0.780 bits per heavy atom. The van der Waals surface area contributed by atoms with Crippen molar-refractivity contribution in [2.45, 2.75) is 20.0 Å². The third-order valence-corrected chi connectivity index (χ3v) is 7.62. The molecule has 2 aliphatic heterocycles. The van der Waals surface area contributed by atoms with E-state index in [2.05, 4.69) is 35.2 Å². The maximum Gasteiger partial charge on any atom is 0.294 e. The number of amides is 2. The van der Waals surface area contributed by atoms with Gasteiger partial charge >= 0.3 is 0 Å². The van der Waals surface area contributed by atoms with Crippen molar-refractivity contribution in [3.05, 3.63) is 137 Å². The molecule has 0 aliphatic carbocycles. The molecule has 41 heavy (non-hydrogen) atoms. The number of fused-ring (bicyclic) bond motifs is 1. The van der Waals surface area contributed by atoms with Crippen LogP contribution >= 0.6 is 0 Å². The van der Waals surface area contributed by atoms with E-state index in [1.54, 1.807) is 11.0 Å². The lowest BCUT2D eigenvalue weighted by atomic mass is 10.1. The molecule has 6 rings (SSSR count). The maximum absolute atomic E-state index is 13.6. The first-order chi connectivity index (χ1) is 20.0. The van der Waals surface area contributed by atoms with Gasteiger partial charge in [0.05, 0.1) is 12.2 Å². The van der Waals surface area contributed by atoms with Crippen LogP contribution in [0.3, 0.4) is 0 Å². The number of benzene rings is 4. The second kappa shape index (κ2) is 11.8. The smallest absolute Gasteiger partial charge is 0.294 e. The Balaban J connectivity index is 1.13. The predicted octanol–water partition coefficient (Wildman–Crippen LogP) is 5.92. The number of anilines is 1. The van der Waals surface area contributed by atoms with E-state index in [1.807, 2.05) is 84.6 Å². The highest BCUT2D eigenvalue weighted by molar-refractivity contribution is 6.09. The van der Waals surface area contributed by atoms with Gasteiger partial charge in [0.15, 0.2) is 11.5 Å². The summed E-state index contributed by atoms with van der Waals surface area (Å²) in [5, 5.41) is 0.